The van der Waals surface area contributed by atoms with Crippen LogP contribution in [0, 0.1) is 5.92 Å². The van der Waals surface area contributed by atoms with Crippen LogP contribution in [0.2, 0.25) is 5.15 Å². The van der Waals surface area contributed by atoms with Gasteiger partial charge < -0.3 is 10.6 Å². The van der Waals surface area contributed by atoms with E-state index in [1.807, 2.05) is 0 Å². The van der Waals surface area contributed by atoms with Gasteiger partial charge in [0.15, 0.2) is 5.82 Å². The molecule has 1 aliphatic rings. The van der Waals surface area contributed by atoms with Crippen LogP contribution in [-0.2, 0) is 4.79 Å². The van der Waals surface area contributed by atoms with E-state index in [9.17, 15) is 4.79 Å². The van der Waals surface area contributed by atoms with E-state index in [-0.39, 0.29) is 11.8 Å². The number of rotatable bonds is 2. The third-order valence-corrected chi connectivity index (χ3v) is 2.85. The quantitative estimate of drug-likeness (QED) is 0.780. The average molecular weight is 240 g/mol. The van der Waals surface area contributed by atoms with Crippen molar-refractivity contribution in [3.8, 4) is 0 Å². The normalized spacial score (nSPS) is 19.4. The highest BCUT2D eigenvalue weighted by Crippen LogP contribution is 2.26. The monoisotopic (exact) mass is 239 g/mol. The van der Waals surface area contributed by atoms with Crippen molar-refractivity contribution in [2.75, 3.05) is 17.2 Å². The highest BCUT2D eigenvalue weighted by atomic mass is 35.5. The molecule has 5 heteroatoms. The summed E-state index contributed by atoms with van der Waals surface area (Å²) >= 11 is 5.80. The largest absolute Gasteiger partial charge is 0.367 e. The van der Waals surface area contributed by atoms with Crippen molar-refractivity contribution in [2.45, 2.75) is 19.8 Å². The Labute approximate surface area is 99.4 Å². The van der Waals surface area contributed by atoms with Gasteiger partial charge in [-0.15, -0.1) is 0 Å². The number of carbonyl (C=O) groups is 1. The minimum atomic E-state index is -0.00187. The number of fused-ring (bicyclic) bond motifs is 1. The first-order valence-corrected chi connectivity index (χ1v) is 5.79. The molecule has 1 aromatic heterocycles. The molecule has 0 bridgehead atoms. The molecule has 1 aromatic rings. The maximum atomic E-state index is 11.8. The fourth-order valence-electron chi connectivity index (χ4n) is 1.80. The Morgan fingerprint density at radius 3 is 3.12 bits per heavy atom. The summed E-state index contributed by atoms with van der Waals surface area (Å²) in [7, 11) is 0. The molecule has 0 saturated carbocycles. The Bertz CT molecular complexity index is 408. The SMILES string of the molecule is CCCC1CNc2nc(Cl)ccc2NC1=O. The van der Waals surface area contributed by atoms with Gasteiger partial charge in [0, 0.05) is 6.54 Å². The van der Waals surface area contributed by atoms with Gasteiger partial charge in [0.25, 0.3) is 0 Å². The Morgan fingerprint density at radius 1 is 1.56 bits per heavy atom. The van der Waals surface area contributed by atoms with E-state index in [4.69, 9.17) is 11.6 Å². The number of hydrogen-bond donors (Lipinski definition) is 2. The molecule has 0 saturated heterocycles. The lowest BCUT2D eigenvalue weighted by Gasteiger charge is -2.10. The zero-order valence-electron chi connectivity index (χ0n) is 9.09. The molecule has 1 aliphatic heterocycles. The number of pyridine rings is 1. The van der Waals surface area contributed by atoms with Gasteiger partial charge in [-0.05, 0) is 18.6 Å². The minimum absolute atomic E-state index is 0.00187. The third-order valence-electron chi connectivity index (χ3n) is 2.64. The number of hydrogen-bond acceptors (Lipinski definition) is 3. The van der Waals surface area contributed by atoms with Crippen LogP contribution in [0.1, 0.15) is 19.8 Å². The molecule has 16 heavy (non-hydrogen) atoms. The van der Waals surface area contributed by atoms with Crippen LogP contribution in [0.5, 0.6) is 0 Å². The number of carbonyl (C=O) groups excluding carboxylic acids is 1. The molecule has 0 radical (unpaired) electrons. The zero-order chi connectivity index (χ0) is 11.5. The Balaban J connectivity index is 2.22. The first-order chi connectivity index (χ1) is 7.70. The predicted molar refractivity (Wildman–Crippen MR) is 64.8 cm³/mol. The number of nitrogens with one attached hydrogen (secondary N) is 2. The van der Waals surface area contributed by atoms with Crippen LogP contribution >= 0.6 is 11.6 Å². The molecular formula is C11H14ClN3O. The van der Waals surface area contributed by atoms with Crippen molar-refractivity contribution in [2.24, 2.45) is 5.92 Å². The Morgan fingerprint density at radius 2 is 2.38 bits per heavy atom. The summed E-state index contributed by atoms with van der Waals surface area (Å²) in [6.07, 6.45) is 1.87. The summed E-state index contributed by atoms with van der Waals surface area (Å²) in [5.74, 6) is 0.703. The summed E-state index contributed by atoms with van der Waals surface area (Å²) in [6.45, 7) is 2.68. The van der Waals surface area contributed by atoms with Gasteiger partial charge in [-0.25, -0.2) is 4.98 Å². The van der Waals surface area contributed by atoms with Gasteiger partial charge in [0.2, 0.25) is 5.91 Å². The first-order valence-electron chi connectivity index (χ1n) is 5.42. The summed E-state index contributed by atoms with van der Waals surface area (Å²) in [6, 6.07) is 3.44. The predicted octanol–water partition coefficient (Wildman–Crippen LogP) is 2.52. The highest BCUT2D eigenvalue weighted by Gasteiger charge is 2.23. The van der Waals surface area contributed by atoms with Crippen LogP contribution in [0.4, 0.5) is 11.5 Å². The van der Waals surface area contributed by atoms with Crippen LogP contribution < -0.4 is 10.6 Å². The lowest BCUT2D eigenvalue weighted by atomic mass is 10.0. The molecule has 1 unspecified atom stereocenters. The fraction of sp³-hybridized carbons (Fsp3) is 0.455. The maximum Gasteiger partial charge on any atom is 0.229 e. The molecule has 2 N–H and O–H groups in total. The average Bonchev–Trinajstić information content (AvgIpc) is 2.40. The number of halogens is 1. The van der Waals surface area contributed by atoms with Gasteiger partial charge in [-0.2, -0.15) is 0 Å². The molecule has 0 aliphatic carbocycles. The maximum absolute atomic E-state index is 11.8. The smallest absolute Gasteiger partial charge is 0.229 e. The summed E-state index contributed by atoms with van der Waals surface area (Å²) < 4.78 is 0. The van der Waals surface area contributed by atoms with Crippen LogP contribution in [-0.4, -0.2) is 17.4 Å². The second kappa shape index (κ2) is 4.70. The second-order valence-electron chi connectivity index (χ2n) is 3.89. The molecule has 0 fully saturated rings. The molecule has 0 spiro atoms. The van der Waals surface area contributed by atoms with Crippen molar-refractivity contribution in [3.63, 3.8) is 0 Å². The van der Waals surface area contributed by atoms with Gasteiger partial charge >= 0.3 is 0 Å². The summed E-state index contributed by atoms with van der Waals surface area (Å²) in [5.41, 5.74) is 0.702. The molecule has 86 valence electrons. The zero-order valence-corrected chi connectivity index (χ0v) is 9.84. The highest BCUT2D eigenvalue weighted by molar-refractivity contribution is 6.29. The molecule has 4 nitrogen and oxygen atoms in total. The first kappa shape index (κ1) is 11.2. The number of anilines is 2. The number of nitrogens with zero attached hydrogens (tertiary/aromatic N) is 1. The van der Waals surface area contributed by atoms with E-state index in [2.05, 4.69) is 22.5 Å². The van der Waals surface area contributed by atoms with E-state index >= 15 is 0 Å². The van der Waals surface area contributed by atoms with Crippen LogP contribution in [0.15, 0.2) is 12.1 Å². The van der Waals surface area contributed by atoms with Crippen molar-refractivity contribution in [1.82, 2.24) is 4.98 Å². The molecular weight excluding hydrogens is 226 g/mol. The Hall–Kier alpha value is -1.29. The van der Waals surface area contributed by atoms with Gasteiger partial charge in [0.1, 0.15) is 5.15 Å². The minimum Gasteiger partial charge on any atom is -0.367 e. The van der Waals surface area contributed by atoms with E-state index < -0.39 is 0 Å². The standard InChI is InChI=1S/C11H14ClN3O/c1-2-3-7-6-13-10-8(14-11(7)16)4-5-9(12)15-10/h4-5,7H,2-3,6H2,1H3,(H,13,15)(H,14,16). The lowest BCUT2D eigenvalue weighted by Crippen LogP contribution is -2.25. The number of aromatic nitrogens is 1. The van der Waals surface area contributed by atoms with Crippen LogP contribution in [0.25, 0.3) is 0 Å². The summed E-state index contributed by atoms with van der Waals surface area (Å²) in [4.78, 5) is 16.0. The molecule has 1 amide bonds. The van der Waals surface area contributed by atoms with E-state index in [0.29, 0.717) is 23.2 Å². The van der Waals surface area contributed by atoms with E-state index in [0.717, 1.165) is 12.8 Å². The number of amides is 1. The molecule has 2 rings (SSSR count). The van der Waals surface area contributed by atoms with Crippen molar-refractivity contribution < 1.29 is 4.79 Å². The van der Waals surface area contributed by atoms with Gasteiger partial charge in [-0.3, -0.25) is 4.79 Å². The topological polar surface area (TPSA) is 54.0 Å². The van der Waals surface area contributed by atoms with Crippen LogP contribution in [0.3, 0.4) is 0 Å². The third kappa shape index (κ3) is 2.27. The lowest BCUT2D eigenvalue weighted by molar-refractivity contribution is -0.119. The van der Waals surface area contributed by atoms with E-state index in [1.54, 1.807) is 12.1 Å². The fourth-order valence-corrected chi connectivity index (χ4v) is 1.95. The molecule has 1 atom stereocenters. The van der Waals surface area contributed by atoms with Crippen molar-refractivity contribution in [3.05, 3.63) is 17.3 Å². The van der Waals surface area contributed by atoms with Gasteiger partial charge in [0.05, 0.1) is 11.6 Å². The van der Waals surface area contributed by atoms with Gasteiger partial charge in [-0.1, -0.05) is 24.9 Å². The van der Waals surface area contributed by atoms with E-state index in [1.165, 1.54) is 0 Å². The van der Waals surface area contributed by atoms with Crippen molar-refractivity contribution in [1.29, 1.82) is 0 Å². The Kier molecular flexibility index (Phi) is 3.29. The second-order valence-corrected chi connectivity index (χ2v) is 4.27. The molecule has 2 heterocycles. The summed E-state index contributed by atoms with van der Waals surface area (Å²) in [5, 5.41) is 6.44. The van der Waals surface area contributed by atoms with Crippen molar-refractivity contribution >= 4 is 29.0 Å². The molecule has 0 aromatic carbocycles.